The number of nitro groups is 1. The molecule has 3 rings (SSSR count). The van der Waals surface area contributed by atoms with Gasteiger partial charge < -0.3 is 4.90 Å². The SMILES string of the molecule is CC(=O)N(CC(C)C)CC1CN(Cc2ccccc2[N+](=O)[O-])CC1c1cccc(F)c1. The van der Waals surface area contributed by atoms with E-state index in [2.05, 4.69) is 18.7 Å². The Balaban J connectivity index is 1.85. The molecule has 2 unspecified atom stereocenters. The van der Waals surface area contributed by atoms with E-state index >= 15 is 0 Å². The highest BCUT2D eigenvalue weighted by Crippen LogP contribution is 2.35. The number of hydrogen-bond acceptors (Lipinski definition) is 4. The first-order valence-electron chi connectivity index (χ1n) is 10.7. The molecule has 0 radical (unpaired) electrons. The summed E-state index contributed by atoms with van der Waals surface area (Å²) in [6.45, 7) is 8.80. The zero-order valence-corrected chi connectivity index (χ0v) is 18.3. The zero-order chi connectivity index (χ0) is 22.5. The van der Waals surface area contributed by atoms with E-state index in [1.165, 1.54) is 12.1 Å². The fourth-order valence-electron chi connectivity index (χ4n) is 4.51. The minimum atomic E-state index is -0.354. The van der Waals surface area contributed by atoms with Gasteiger partial charge in [-0.3, -0.25) is 19.8 Å². The van der Waals surface area contributed by atoms with Crippen molar-refractivity contribution in [2.24, 2.45) is 11.8 Å². The lowest BCUT2D eigenvalue weighted by molar-refractivity contribution is -0.385. The Bertz CT molecular complexity index is 934. The molecular formula is C24H30FN3O3. The van der Waals surface area contributed by atoms with Gasteiger partial charge in [-0.2, -0.15) is 0 Å². The number of halogens is 1. The summed E-state index contributed by atoms with van der Waals surface area (Å²) in [5.41, 5.74) is 1.68. The smallest absolute Gasteiger partial charge is 0.273 e. The third-order valence-corrected chi connectivity index (χ3v) is 5.86. The van der Waals surface area contributed by atoms with E-state index in [-0.39, 0.29) is 34.2 Å². The fourth-order valence-corrected chi connectivity index (χ4v) is 4.51. The third-order valence-electron chi connectivity index (χ3n) is 5.86. The summed E-state index contributed by atoms with van der Waals surface area (Å²) in [7, 11) is 0. The van der Waals surface area contributed by atoms with Gasteiger partial charge in [-0.1, -0.05) is 44.2 Å². The molecule has 31 heavy (non-hydrogen) atoms. The van der Waals surface area contributed by atoms with Crippen molar-refractivity contribution in [2.45, 2.75) is 33.2 Å². The van der Waals surface area contributed by atoms with Crippen molar-refractivity contribution in [3.63, 3.8) is 0 Å². The topological polar surface area (TPSA) is 66.7 Å². The van der Waals surface area contributed by atoms with Crippen LogP contribution in [0.1, 0.15) is 37.8 Å². The molecule has 0 bridgehead atoms. The number of hydrogen-bond donors (Lipinski definition) is 0. The Morgan fingerprint density at radius 2 is 1.97 bits per heavy atom. The van der Waals surface area contributed by atoms with Crippen LogP contribution in [0.5, 0.6) is 0 Å². The Kier molecular flexibility index (Phi) is 7.38. The lowest BCUT2D eigenvalue weighted by atomic mass is 9.88. The molecule has 0 aromatic heterocycles. The maximum atomic E-state index is 13.9. The summed E-state index contributed by atoms with van der Waals surface area (Å²) >= 11 is 0. The van der Waals surface area contributed by atoms with Crippen molar-refractivity contribution >= 4 is 11.6 Å². The van der Waals surface area contributed by atoms with E-state index in [0.717, 1.165) is 5.56 Å². The fraction of sp³-hybridized carbons (Fsp3) is 0.458. The molecule has 0 saturated carbocycles. The molecule has 0 aliphatic carbocycles. The molecule has 0 spiro atoms. The van der Waals surface area contributed by atoms with Gasteiger partial charge in [-0.05, 0) is 29.5 Å². The number of carbonyl (C=O) groups excluding carboxylic acids is 1. The summed E-state index contributed by atoms with van der Waals surface area (Å²) in [6, 6.07) is 13.4. The largest absolute Gasteiger partial charge is 0.342 e. The maximum Gasteiger partial charge on any atom is 0.273 e. The first kappa shape index (κ1) is 22.9. The quantitative estimate of drug-likeness (QED) is 0.461. The third kappa shape index (κ3) is 5.88. The van der Waals surface area contributed by atoms with Gasteiger partial charge in [-0.25, -0.2) is 4.39 Å². The molecule has 166 valence electrons. The number of likely N-dealkylation sites (tertiary alicyclic amines) is 1. The monoisotopic (exact) mass is 427 g/mol. The van der Waals surface area contributed by atoms with Crippen LogP contribution in [0.15, 0.2) is 48.5 Å². The molecule has 2 aromatic rings. The summed E-state index contributed by atoms with van der Waals surface area (Å²) in [5, 5.41) is 11.4. The number of nitro benzene ring substituents is 1. The minimum absolute atomic E-state index is 0.0313. The van der Waals surface area contributed by atoms with Gasteiger partial charge in [0.1, 0.15) is 5.82 Å². The molecule has 2 aromatic carbocycles. The van der Waals surface area contributed by atoms with Crippen LogP contribution in [0.2, 0.25) is 0 Å². The zero-order valence-electron chi connectivity index (χ0n) is 18.3. The Labute approximate surface area is 182 Å². The predicted octanol–water partition coefficient (Wildman–Crippen LogP) is 4.45. The first-order valence-corrected chi connectivity index (χ1v) is 10.7. The molecule has 1 amide bonds. The number of para-hydroxylation sites is 1. The van der Waals surface area contributed by atoms with E-state index in [1.54, 1.807) is 37.3 Å². The Morgan fingerprint density at radius 3 is 2.61 bits per heavy atom. The summed E-state index contributed by atoms with van der Waals surface area (Å²) in [6.07, 6.45) is 0. The predicted molar refractivity (Wildman–Crippen MR) is 118 cm³/mol. The Hall–Kier alpha value is -2.80. The highest BCUT2D eigenvalue weighted by molar-refractivity contribution is 5.73. The van der Waals surface area contributed by atoms with Crippen molar-refractivity contribution in [1.29, 1.82) is 0 Å². The standard InChI is InChI=1S/C24H30FN3O3/c1-17(2)12-27(18(3)29)15-21-14-26(13-20-7-4-5-10-24(20)28(30)31)16-23(21)19-8-6-9-22(25)11-19/h4-11,17,21,23H,12-16H2,1-3H3. The van der Waals surface area contributed by atoms with Gasteiger partial charge in [0.2, 0.25) is 5.91 Å². The molecule has 1 fully saturated rings. The van der Waals surface area contributed by atoms with E-state index < -0.39 is 0 Å². The van der Waals surface area contributed by atoms with Gasteiger partial charge in [0, 0.05) is 57.2 Å². The second-order valence-electron chi connectivity index (χ2n) is 8.82. The molecule has 1 aliphatic heterocycles. The number of benzene rings is 2. The molecule has 1 aliphatic rings. The van der Waals surface area contributed by atoms with Crippen molar-refractivity contribution < 1.29 is 14.1 Å². The van der Waals surface area contributed by atoms with E-state index in [9.17, 15) is 19.3 Å². The molecule has 7 heteroatoms. The lowest BCUT2D eigenvalue weighted by Gasteiger charge is -2.29. The summed E-state index contributed by atoms with van der Waals surface area (Å²) < 4.78 is 13.9. The first-order chi connectivity index (χ1) is 14.7. The molecule has 1 heterocycles. The van der Waals surface area contributed by atoms with Crippen LogP contribution < -0.4 is 0 Å². The molecule has 2 atom stereocenters. The van der Waals surface area contributed by atoms with Crippen molar-refractivity contribution in [1.82, 2.24) is 9.80 Å². The van der Waals surface area contributed by atoms with E-state index in [0.29, 0.717) is 44.2 Å². The molecule has 1 saturated heterocycles. The second kappa shape index (κ2) is 10.0. The second-order valence-corrected chi connectivity index (χ2v) is 8.82. The molecule has 6 nitrogen and oxygen atoms in total. The molecule has 0 N–H and O–H groups in total. The summed E-state index contributed by atoms with van der Waals surface area (Å²) in [5.74, 6) is 0.267. The van der Waals surface area contributed by atoms with Gasteiger partial charge in [0.15, 0.2) is 0 Å². The van der Waals surface area contributed by atoms with Gasteiger partial charge in [0.05, 0.1) is 4.92 Å². The highest BCUT2D eigenvalue weighted by atomic mass is 19.1. The van der Waals surface area contributed by atoms with Crippen LogP contribution in [-0.4, -0.2) is 46.8 Å². The average molecular weight is 428 g/mol. The average Bonchev–Trinajstić information content (AvgIpc) is 3.09. The van der Waals surface area contributed by atoms with Crippen LogP contribution in [0.3, 0.4) is 0 Å². The van der Waals surface area contributed by atoms with Crippen molar-refractivity contribution in [3.05, 3.63) is 75.6 Å². The van der Waals surface area contributed by atoms with Crippen LogP contribution in [0, 0.1) is 27.8 Å². The van der Waals surface area contributed by atoms with E-state index in [1.807, 2.05) is 11.0 Å². The van der Waals surface area contributed by atoms with Gasteiger partial charge >= 0.3 is 0 Å². The van der Waals surface area contributed by atoms with Gasteiger partial charge in [0.25, 0.3) is 5.69 Å². The lowest BCUT2D eigenvalue weighted by Crippen LogP contribution is -2.38. The maximum absolute atomic E-state index is 13.9. The number of amides is 1. The number of nitrogens with zero attached hydrogens (tertiary/aromatic N) is 3. The van der Waals surface area contributed by atoms with Gasteiger partial charge in [-0.15, -0.1) is 0 Å². The van der Waals surface area contributed by atoms with Crippen LogP contribution in [-0.2, 0) is 11.3 Å². The Morgan fingerprint density at radius 1 is 1.23 bits per heavy atom. The van der Waals surface area contributed by atoms with Crippen LogP contribution in [0.4, 0.5) is 10.1 Å². The van der Waals surface area contributed by atoms with Crippen LogP contribution >= 0.6 is 0 Å². The van der Waals surface area contributed by atoms with Crippen molar-refractivity contribution in [3.8, 4) is 0 Å². The minimum Gasteiger partial charge on any atom is -0.342 e. The van der Waals surface area contributed by atoms with E-state index in [4.69, 9.17) is 0 Å². The van der Waals surface area contributed by atoms with Crippen LogP contribution in [0.25, 0.3) is 0 Å². The highest BCUT2D eigenvalue weighted by Gasteiger charge is 2.36. The summed E-state index contributed by atoms with van der Waals surface area (Å²) in [4.78, 5) is 27.3. The number of rotatable bonds is 8. The van der Waals surface area contributed by atoms with Crippen molar-refractivity contribution in [2.75, 3.05) is 26.2 Å². The molecular weight excluding hydrogens is 397 g/mol. The normalized spacial score (nSPS) is 19.0. The number of carbonyl (C=O) groups is 1.